The maximum absolute atomic E-state index is 10.8. The summed E-state index contributed by atoms with van der Waals surface area (Å²) in [5.74, 6) is 1.34. The Kier molecular flexibility index (Phi) is 4.63. The highest BCUT2D eigenvalue weighted by molar-refractivity contribution is 6.61. The third kappa shape index (κ3) is 3.27. The van der Waals surface area contributed by atoms with Crippen LogP contribution >= 0.6 is 11.6 Å². The molecule has 94 valence electrons. The summed E-state index contributed by atoms with van der Waals surface area (Å²) in [5.41, 5.74) is 0.0898. The van der Waals surface area contributed by atoms with E-state index in [1.54, 1.807) is 12.1 Å². The lowest BCUT2D eigenvalue weighted by Crippen LogP contribution is -2.02. The van der Waals surface area contributed by atoms with Crippen LogP contribution in [0.3, 0.4) is 0 Å². The summed E-state index contributed by atoms with van der Waals surface area (Å²) in [7, 11) is 2.98. The third-order valence-corrected chi connectivity index (χ3v) is 2.41. The van der Waals surface area contributed by atoms with Gasteiger partial charge in [0.1, 0.15) is 0 Å². The molecule has 0 fully saturated rings. The fraction of sp³-hybridized carbons (Fsp3) is 0.417. The van der Waals surface area contributed by atoms with Gasteiger partial charge in [-0.25, -0.2) is 4.79 Å². The first-order valence-corrected chi connectivity index (χ1v) is 5.50. The highest BCUT2D eigenvalue weighted by Crippen LogP contribution is 2.40. The van der Waals surface area contributed by atoms with Crippen LogP contribution in [0.5, 0.6) is 17.2 Å². The van der Waals surface area contributed by atoms with E-state index in [4.69, 9.17) is 25.8 Å². The van der Waals surface area contributed by atoms with Gasteiger partial charge in [0, 0.05) is 11.6 Å². The Morgan fingerprint density at radius 2 is 1.65 bits per heavy atom. The number of methoxy groups -OCH3 is 2. The molecule has 0 N–H and O–H groups in total. The van der Waals surface area contributed by atoms with Crippen molar-refractivity contribution in [1.29, 1.82) is 0 Å². The van der Waals surface area contributed by atoms with Gasteiger partial charge in [-0.3, -0.25) is 0 Å². The van der Waals surface area contributed by atoms with E-state index in [0.29, 0.717) is 17.4 Å². The van der Waals surface area contributed by atoms with Crippen molar-refractivity contribution in [2.24, 2.45) is 0 Å². The maximum atomic E-state index is 10.8. The van der Waals surface area contributed by atoms with Crippen molar-refractivity contribution in [1.82, 2.24) is 0 Å². The van der Waals surface area contributed by atoms with E-state index in [2.05, 4.69) is 0 Å². The number of ether oxygens (including phenoxy) is 3. The first kappa shape index (κ1) is 13.6. The number of carbonyl (C=O) groups is 1. The van der Waals surface area contributed by atoms with Gasteiger partial charge in [0.15, 0.2) is 11.5 Å². The smallest absolute Gasteiger partial charge is 0.409 e. The quantitative estimate of drug-likeness (QED) is 0.775. The summed E-state index contributed by atoms with van der Waals surface area (Å²) >= 11 is 5.20. The fourth-order valence-corrected chi connectivity index (χ4v) is 1.49. The Morgan fingerprint density at radius 3 is 1.94 bits per heavy atom. The average molecular weight is 259 g/mol. The van der Waals surface area contributed by atoms with Crippen molar-refractivity contribution in [3.8, 4) is 17.2 Å². The highest BCUT2D eigenvalue weighted by Gasteiger charge is 2.17. The molecule has 0 atom stereocenters. The molecule has 4 nitrogen and oxygen atoms in total. The van der Waals surface area contributed by atoms with Crippen molar-refractivity contribution < 1.29 is 19.0 Å². The standard InChI is InChI=1S/C12H15ClO4/c1-7(2)8-5-9(15-3)11(17-12(13)14)10(6-8)16-4/h5-7H,1-4H3. The number of halogens is 1. The molecule has 0 saturated carbocycles. The predicted molar refractivity (Wildman–Crippen MR) is 65.5 cm³/mol. The lowest BCUT2D eigenvalue weighted by Gasteiger charge is -2.15. The molecule has 0 heterocycles. The van der Waals surface area contributed by atoms with Crippen LogP contribution in [0.15, 0.2) is 12.1 Å². The molecule has 0 saturated heterocycles. The van der Waals surface area contributed by atoms with Gasteiger partial charge in [0.2, 0.25) is 5.75 Å². The lowest BCUT2D eigenvalue weighted by molar-refractivity contribution is 0.221. The number of hydrogen-bond donors (Lipinski definition) is 0. The average Bonchev–Trinajstić information content (AvgIpc) is 2.28. The van der Waals surface area contributed by atoms with Crippen LogP contribution in [-0.4, -0.2) is 19.6 Å². The number of carbonyl (C=O) groups excluding carboxylic acids is 1. The van der Waals surface area contributed by atoms with Gasteiger partial charge in [0.25, 0.3) is 0 Å². The summed E-state index contributed by atoms with van der Waals surface area (Å²) in [5, 5.41) is 0. The first-order valence-electron chi connectivity index (χ1n) is 5.12. The van der Waals surface area contributed by atoms with E-state index < -0.39 is 5.43 Å². The molecule has 0 aromatic heterocycles. The van der Waals surface area contributed by atoms with E-state index in [1.807, 2.05) is 13.8 Å². The van der Waals surface area contributed by atoms with Gasteiger partial charge >= 0.3 is 5.43 Å². The molecular weight excluding hydrogens is 244 g/mol. The van der Waals surface area contributed by atoms with Gasteiger partial charge in [-0.1, -0.05) is 13.8 Å². The summed E-state index contributed by atoms with van der Waals surface area (Å²) in [6.45, 7) is 4.09. The highest BCUT2D eigenvalue weighted by atomic mass is 35.5. The molecule has 0 radical (unpaired) electrons. The molecule has 5 heteroatoms. The van der Waals surface area contributed by atoms with Crippen molar-refractivity contribution in [2.75, 3.05) is 14.2 Å². The van der Waals surface area contributed by atoms with E-state index in [9.17, 15) is 4.79 Å². The zero-order valence-electron chi connectivity index (χ0n) is 10.2. The molecule has 0 amide bonds. The second kappa shape index (κ2) is 5.77. The minimum atomic E-state index is -0.932. The molecule has 0 aliphatic rings. The SMILES string of the molecule is COc1cc(C(C)C)cc(OC)c1OC(=O)Cl. The van der Waals surface area contributed by atoms with Crippen molar-refractivity contribution in [2.45, 2.75) is 19.8 Å². The fourth-order valence-electron chi connectivity index (χ4n) is 1.41. The molecule has 0 unspecified atom stereocenters. The van der Waals surface area contributed by atoms with Crippen LogP contribution in [0.4, 0.5) is 4.79 Å². The zero-order chi connectivity index (χ0) is 13.0. The predicted octanol–water partition coefficient (Wildman–Crippen LogP) is 3.56. The number of benzene rings is 1. The summed E-state index contributed by atoms with van der Waals surface area (Å²) in [4.78, 5) is 10.8. The first-order chi connectivity index (χ1) is 7.99. The monoisotopic (exact) mass is 258 g/mol. The zero-order valence-corrected chi connectivity index (χ0v) is 11.0. The second-order valence-electron chi connectivity index (χ2n) is 3.75. The normalized spacial score (nSPS) is 10.2. The molecule has 0 spiro atoms. The Morgan fingerprint density at radius 1 is 1.18 bits per heavy atom. The minimum absolute atomic E-state index is 0.194. The van der Waals surface area contributed by atoms with Crippen LogP contribution < -0.4 is 14.2 Å². The maximum Gasteiger partial charge on any atom is 0.409 e. The molecule has 1 aromatic carbocycles. The van der Waals surface area contributed by atoms with Gasteiger partial charge in [0.05, 0.1) is 14.2 Å². The minimum Gasteiger partial charge on any atom is -0.493 e. The van der Waals surface area contributed by atoms with Crippen molar-refractivity contribution >= 4 is 17.0 Å². The van der Waals surface area contributed by atoms with E-state index in [1.165, 1.54) is 14.2 Å². The summed E-state index contributed by atoms with van der Waals surface area (Å²) in [6.07, 6.45) is 0. The Bertz CT molecular complexity index is 390. The summed E-state index contributed by atoms with van der Waals surface area (Å²) < 4.78 is 15.2. The van der Waals surface area contributed by atoms with Crippen molar-refractivity contribution in [3.63, 3.8) is 0 Å². The third-order valence-electron chi connectivity index (χ3n) is 2.33. The molecule has 0 aliphatic carbocycles. The van der Waals surface area contributed by atoms with Gasteiger partial charge in [-0.2, -0.15) is 0 Å². The number of rotatable bonds is 4. The Labute approximate surface area is 105 Å². The second-order valence-corrected chi connectivity index (χ2v) is 4.06. The van der Waals surface area contributed by atoms with Gasteiger partial charge < -0.3 is 14.2 Å². The molecule has 17 heavy (non-hydrogen) atoms. The number of hydrogen-bond acceptors (Lipinski definition) is 4. The summed E-state index contributed by atoms with van der Waals surface area (Å²) in [6, 6.07) is 3.59. The van der Waals surface area contributed by atoms with Gasteiger partial charge in [-0.15, -0.1) is 0 Å². The topological polar surface area (TPSA) is 44.8 Å². The molecule has 1 aromatic rings. The Balaban J connectivity index is 3.30. The Hall–Kier alpha value is -1.42. The van der Waals surface area contributed by atoms with E-state index >= 15 is 0 Å². The van der Waals surface area contributed by atoms with Gasteiger partial charge in [-0.05, 0) is 23.6 Å². The van der Waals surface area contributed by atoms with Crippen LogP contribution in [0.1, 0.15) is 25.3 Å². The van der Waals surface area contributed by atoms with Crippen LogP contribution in [0.2, 0.25) is 0 Å². The molecule has 1 rings (SSSR count). The largest absolute Gasteiger partial charge is 0.493 e. The van der Waals surface area contributed by atoms with Crippen LogP contribution in [-0.2, 0) is 0 Å². The van der Waals surface area contributed by atoms with Crippen LogP contribution in [0, 0.1) is 0 Å². The van der Waals surface area contributed by atoms with E-state index in [-0.39, 0.29) is 5.75 Å². The van der Waals surface area contributed by atoms with Crippen LogP contribution in [0.25, 0.3) is 0 Å². The molecule has 0 bridgehead atoms. The lowest BCUT2D eigenvalue weighted by atomic mass is 10.0. The van der Waals surface area contributed by atoms with Crippen molar-refractivity contribution in [3.05, 3.63) is 17.7 Å². The molecule has 0 aliphatic heterocycles. The van der Waals surface area contributed by atoms with E-state index in [0.717, 1.165) is 5.56 Å². The molecular formula is C12H15ClO4.